The molecule has 4 nitrogen and oxygen atoms in total. The lowest BCUT2D eigenvalue weighted by molar-refractivity contribution is -0.155. The van der Waals surface area contributed by atoms with Gasteiger partial charge in [0, 0.05) is 13.0 Å². The van der Waals surface area contributed by atoms with Crippen molar-refractivity contribution >= 4 is 5.97 Å². The minimum absolute atomic E-state index is 0.275. The molecule has 0 bridgehead atoms. The van der Waals surface area contributed by atoms with Gasteiger partial charge in [0.15, 0.2) is 6.10 Å². The molecule has 19 heavy (non-hydrogen) atoms. The number of halogens is 1. The molecule has 106 valence electrons. The van der Waals surface area contributed by atoms with Crippen molar-refractivity contribution in [2.24, 2.45) is 0 Å². The van der Waals surface area contributed by atoms with Crippen molar-refractivity contribution in [2.45, 2.75) is 26.4 Å². The maximum atomic E-state index is 12.6. The third-order valence-corrected chi connectivity index (χ3v) is 2.36. The number of esters is 1. The van der Waals surface area contributed by atoms with E-state index in [1.165, 1.54) is 12.1 Å². The number of hydrogen-bond acceptors (Lipinski definition) is 4. The maximum absolute atomic E-state index is 12.6. The number of carbonyl (C=O) groups excluding carboxylic acids is 1. The van der Waals surface area contributed by atoms with Gasteiger partial charge in [-0.3, -0.25) is 0 Å². The van der Waals surface area contributed by atoms with E-state index >= 15 is 0 Å². The Morgan fingerprint density at radius 1 is 1.26 bits per heavy atom. The van der Waals surface area contributed by atoms with Gasteiger partial charge in [0.2, 0.25) is 0 Å². The monoisotopic (exact) mass is 270 g/mol. The zero-order chi connectivity index (χ0) is 14.1. The van der Waals surface area contributed by atoms with Gasteiger partial charge in [-0.15, -0.1) is 0 Å². The summed E-state index contributed by atoms with van der Waals surface area (Å²) in [4.78, 5) is 11.4. The second kappa shape index (κ2) is 8.48. The summed E-state index contributed by atoms with van der Waals surface area (Å²) < 4.78 is 28.1. The van der Waals surface area contributed by atoms with Crippen LogP contribution in [-0.2, 0) is 14.3 Å². The fraction of sp³-hybridized carbons (Fsp3) is 0.500. The second-order valence-electron chi connectivity index (χ2n) is 3.92. The van der Waals surface area contributed by atoms with Crippen LogP contribution in [0.2, 0.25) is 0 Å². The zero-order valence-corrected chi connectivity index (χ0v) is 11.2. The first kappa shape index (κ1) is 15.4. The lowest BCUT2D eigenvalue weighted by Crippen LogP contribution is -2.24. The Labute approximate surface area is 112 Å². The van der Waals surface area contributed by atoms with Crippen LogP contribution in [0.4, 0.5) is 4.39 Å². The number of hydrogen-bond donors (Lipinski definition) is 0. The average Bonchev–Trinajstić information content (AvgIpc) is 2.40. The van der Waals surface area contributed by atoms with Gasteiger partial charge in [0.25, 0.3) is 0 Å². The Morgan fingerprint density at radius 3 is 2.58 bits per heavy atom. The molecule has 0 saturated carbocycles. The minimum Gasteiger partial charge on any atom is -0.493 e. The lowest BCUT2D eigenvalue weighted by atomic mass is 10.3. The summed E-state index contributed by atoms with van der Waals surface area (Å²) in [6, 6.07) is 5.77. The molecular formula is C14H19FO4. The highest BCUT2D eigenvalue weighted by atomic mass is 19.1. The highest BCUT2D eigenvalue weighted by Crippen LogP contribution is 2.11. The number of carbonyl (C=O) groups is 1. The predicted octanol–water partition coefficient (Wildman–Crippen LogP) is 2.56. The number of ether oxygens (including phenoxy) is 3. The fourth-order valence-corrected chi connectivity index (χ4v) is 1.39. The maximum Gasteiger partial charge on any atom is 0.334 e. The highest BCUT2D eigenvalue weighted by molar-refractivity contribution is 5.74. The molecule has 0 radical (unpaired) electrons. The van der Waals surface area contributed by atoms with Crippen molar-refractivity contribution < 1.29 is 23.4 Å². The Morgan fingerprint density at radius 2 is 1.95 bits per heavy atom. The van der Waals surface area contributed by atoms with E-state index in [0.29, 0.717) is 25.4 Å². The van der Waals surface area contributed by atoms with E-state index in [9.17, 15) is 9.18 Å². The van der Waals surface area contributed by atoms with E-state index in [1.807, 2.05) is 6.92 Å². The van der Waals surface area contributed by atoms with Crippen LogP contribution >= 0.6 is 0 Å². The molecule has 1 aromatic rings. The van der Waals surface area contributed by atoms with E-state index in [2.05, 4.69) is 0 Å². The Kier molecular flexibility index (Phi) is 6.89. The molecule has 0 aliphatic carbocycles. The largest absolute Gasteiger partial charge is 0.493 e. The highest BCUT2D eigenvalue weighted by Gasteiger charge is 2.13. The standard InChI is InChI=1S/C14H19FO4/c1-3-17-11(2)14(16)19-10-4-9-18-13-7-5-12(15)6-8-13/h5-8,11H,3-4,9-10H2,1-2H3. The van der Waals surface area contributed by atoms with Gasteiger partial charge in [0.05, 0.1) is 13.2 Å². The number of benzene rings is 1. The molecule has 0 aliphatic rings. The van der Waals surface area contributed by atoms with Crippen molar-refractivity contribution in [3.05, 3.63) is 30.1 Å². The molecule has 5 heteroatoms. The summed E-state index contributed by atoms with van der Waals surface area (Å²) in [5.41, 5.74) is 0. The van der Waals surface area contributed by atoms with Gasteiger partial charge < -0.3 is 14.2 Å². The van der Waals surface area contributed by atoms with Gasteiger partial charge in [-0.25, -0.2) is 9.18 Å². The van der Waals surface area contributed by atoms with Crippen molar-refractivity contribution in [1.29, 1.82) is 0 Å². The topological polar surface area (TPSA) is 44.8 Å². The first-order chi connectivity index (χ1) is 9.13. The molecule has 1 atom stereocenters. The molecule has 1 unspecified atom stereocenters. The van der Waals surface area contributed by atoms with Gasteiger partial charge in [-0.1, -0.05) is 0 Å². The fourth-order valence-electron chi connectivity index (χ4n) is 1.39. The smallest absolute Gasteiger partial charge is 0.334 e. The quantitative estimate of drug-likeness (QED) is 0.538. The molecule has 0 aliphatic heterocycles. The SMILES string of the molecule is CCOC(C)C(=O)OCCCOc1ccc(F)cc1. The van der Waals surface area contributed by atoms with E-state index in [-0.39, 0.29) is 18.4 Å². The summed E-state index contributed by atoms with van der Waals surface area (Å²) in [5.74, 6) is -0.0785. The molecule has 0 fully saturated rings. The molecular weight excluding hydrogens is 251 g/mol. The lowest BCUT2D eigenvalue weighted by Gasteiger charge is -2.11. The van der Waals surface area contributed by atoms with Gasteiger partial charge in [0.1, 0.15) is 11.6 Å². The van der Waals surface area contributed by atoms with Crippen LogP contribution in [0, 0.1) is 5.82 Å². The molecule has 0 amide bonds. The van der Waals surface area contributed by atoms with Crippen LogP contribution in [-0.4, -0.2) is 31.9 Å². The Hall–Kier alpha value is -1.62. The molecule has 0 heterocycles. The van der Waals surface area contributed by atoms with Gasteiger partial charge in [-0.2, -0.15) is 0 Å². The van der Waals surface area contributed by atoms with E-state index in [1.54, 1.807) is 19.1 Å². The van der Waals surface area contributed by atoms with E-state index in [0.717, 1.165) is 0 Å². The Balaban J connectivity index is 2.11. The third-order valence-electron chi connectivity index (χ3n) is 2.36. The molecule has 0 N–H and O–H groups in total. The Bertz CT molecular complexity index is 378. The predicted molar refractivity (Wildman–Crippen MR) is 68.6 cm³/mol. The first-order valence-corrected chi connectivity index (χ1v) is 6.30. The normalized spacial score (nSPS) is 11.9. The van der Waals surface area contributed by atoms with Crippen LogP contribution < -0.4 is 4.74 Å². The van der Waals surface area contributed by atoms with Crippen molar-refractivity contribution in [3.63, 3.8) is 0 Å². The van der Waals surface area contributed by atoms with Gasteiger partial charge >= 0.3 is 5.97 Å². The van der Waals surface area contributed by atoms with E-state index in [4.69, 9.17) is 14.2 Å². The van der Waals surface area contributed by atoms with Crippen molar-refractivity contribution in [1.82, 2.24) is 0 Å². The van der Waals surface area contributed by atoms with Crippen LogP contribution in [0.1, 0.15) is 20.3 Å². The summed E-state index contributed by atoms with van der Waals surface area (Å²) >= 11 is 0. The van der Waals surface area contributed by atoms with Crippen LogP contribution in [0.3, 0.4) is 0 Å². The molecule has 1 aromatic carbocycles. The van der Waals surface area contributed by atoms with Crippen LogP contribution in [0.5, 0.6) is 5.75 Å². The second-order valence-corrected chi connectivity index (χ2v) is 3.92. The molecule has 0 saturated heterocycles. The summed E-state index contributed by atoms with van der Waals surface area (Å²) in [7, 11) is 0. The van der Waals surface area contributed by atoms with Crippen molar-refractivity contribution in [3.8, 4) is 5.75 Å². The minimum atomic E-state index is -0.539. The van der Waals surface area contributed by atoms with Gasteiger partial charge in [-0.05, 0) is 38.1 Å². The summed E-state index contributed by atoms with van der Waals surface area (Å²) in [5, 5.41) is 0. The van der Waals surface area contributed by atoms with Crippen LogP contribution in [0.15, 0.2) is 24.3 Å². The summed E-state index contributed by atoms with van der Waals surface area (Å²) in [6.07, 6.45) is 0.0325. The third kappa shape index (κ3) is 6.20. The molecule has 0 spiro atoms. The first-order valence-electron chi connectivity index (χ1n) is 6.30. The van der Waals surface area contributed by atoms with Crippen LogP contribution in [0.25, 0.3) is 0 Å². The zero-order valence-electron chi connectivity index (χ0n) is 11.2. The van der Waals surface area contributed by atoms with Crippen molar-refractivity contribution in [2.75, 3.05) is 19.8 Å². The molecule has 1 rings (SSSR count). The average molecular weight is 270 g/mol. The molecule has 0 aromatic heterocycles. The number of rotatable bonds is 8. The van der Waals surface area contributed by atoms with E-state index < -0.39 is 6.10 Å². The summed E-state index contributed by atoms with van der Waals surface area (Å²) in [6.45, 7) is 4.63.